The van der Waals surface area contributed by atoms with Crippen molar-refractivity contribution in [2.75, 3.05) is 6.61 Å². The molecule has 0 aliphatic rings. The Balaban J connectivity index is 2.65. The molecule has 0 aliphatic heterocycles. The maximum absolute atomic E-state index is 11.8. The first-order chi connectivity index (χ1) is 9.82. The van der Waals surface area contributed by atoms with Crippen LogP contribution in [0.15, 0.2) is 24.3 Å². The van der Waals surface area contributed by atoms with Crippen LogP contribution in [0.25, 0.3) is 0 Å². The highest BCUT2D eigenvalue weighted by Crippen LogP contribution is 2.16. The van der Waals surface area contributed by atoms with Gasteiger partial charge in [0.05, 0.1) is 11.6 Å². The van der Waals surface area contributed by atoms with Gasteiger partial charge in [0.1, 0.15) is 5.75 Å². The molecule has 21 heavy (non-hydrogen) atoms. The summed E-state index contributed by atoms with van der Waals surface area (Å²) >= 11 is 0. The SMILES string of the molecule is CC(=O)C(NC(=O)COc1ccccc1C(N)=O)C(C)C. The topological polar surface area (TPSA) is 98.5 Å². The number of rotatable bonds is 7. The molecule has 0 aliphatic carbocycles. The van der Waals surface area contributed by atoms with Crippen molar-refractivity contribution in [3.8, 4) is 5.75 Å². The first-order valence-corrected chi connectivity index (χ1v) is 6.64. The summed E-state index contributed by atoms with van der Waals surface area (Å²) in [4.78, 5) is 34.5. The third kappa shape index (κ3) is 4.91. The molecule has 1 aromatic carbocycles. The van der Waals surface area contributed by atoms with Gasteiger partial charge in [0.25, 0.3) is 11.8 Å². The van der Waals surface area contributed by atoms with Crippen molar-refractivity contribution in [2.45, 2.75) is 26.8 Å². The lowest BCUT2D eigenvalue weighted by atomic mass is 10.0. The molecule has 3 N–H and O–H groups in total. The van der Waals surface area contributed by atoms with E-state index in [1.165, 1.54) is 13.0 Å². The Labute approximate surface area is 123 Å². The summed E-state index contributed by atoms with van der Waals surface area (Å²) in [5.74, 6) is -0.942. The van der Waals surface area contributed by atoms with Crippen LogP contribution in [0.3, 0.4) is 0 Å². The second-order valence-electron chi connectivity index (χ2n) is 5.05. The zero-order valence-corrected chi connectivity index (χ0v) is 12.4. The number of ether oxygens (including phenoxy) is 1. The summed E-state index contributed by atoms with van der Waals surface area (Å²) in [5, 5.41) is 2.61. The van der Waals surface area contributed by atoms with Crippen molar-refractivity contribution in [1.82, 2.24) is 5.32 Å². The lowest BCUT2D eigenvalue weighted by Crippen LogP contribution is -2.45. The van der Waals surface area contributed by atoms with Crippen LogP contribution >= 0.6 is 0 Å². The van der Waals surface area contributed by atoms with Crippen LogP contribution in [0.2, 0.25) is 0 Å². The van der Waals surface area contributed by atoms with Gasteiger partial charge in [-0.15, -0.1) is 0 Å². The van der Waals surface area contributed by atoms with E-state index in [4.69, 9.17) is 10.5 Å². The number of Topliss-reactive ketones (excluding diaryl/α,β-unsaturated/α-hetero) is 1. The zero-order valence-electron chi connectivity index (χ0n) is 12.4. The highest BCUT2D eigenvalue weighted by Gasteiger charge is 2.21. The number of ketones is 1. The highest BCUT2D eigenvalue weighted by atomic mass is 16.5. The number of para-hydroxylation sites is 1. The van der Waals surface area contributed by atoms with Crippen molar-refractivity contribution in [3.05, 3.63) is 29.8 Å². The molecule has 0 fully saturated rings. The minimum Gasteiger partial charge on any atom is -0.483 e. The Morgan fingerprint density at radius 3 is 2.38 bits per heavy atom. The summed E-state index contributed by atoms with van der Waals surface area (Å²) < 4.78 is 5.30. The molecule has 6 heteroatoms. The monoisotopic (exact) mass is 292 g/mol. The van der Waals surface area contributed by atoms with Crippen LogP contribution in [0.5, 0.6) is 5.75 Å². The Morgan fingerprint density at radius 1 is 1.24 bits per heavy atom. The first-order valence-electron chi connectivity index (χ1n) is 6.64. The zero-order chi connectivity index (χ0) is 16.0. The predicted octanol–water partition coefficient (Wildman–Crippen LogP) is 0.894. The number of nitrogens with one attached hydrogen (secondary N) is 1. The van der Waals surface area contributed by atoms with Gasteiger partial charge in [-0.3, -0.25) is 14.4 Å². The lowest BCUT2D eigenvalue weighted by Gasteiger charge is -2.19. The van der Waals surface area contributed by atoms with Crippen LogP contribution < -0.4 is 15.8 Å². The Bertz CT molecular complexity index is 540. The van der Waals surface area contributed by atoms with Crippen LogP contribution in [0.4, 0.5) is 0 Å². The Kier molecular flexibility index (Phi) is 5.90. The van der Waals surface area contributed by atoms with Gasteiger partial charge in [-0.2, -0.15) is 0 Å². The van der Waals surface area contributed by atoms with Gasteiger partial charge in [0, 0.05) is 0 Å². The number of carbonyl (C=O) groups excluding carboxylic acids is 3. The fourth-order valence-electron chi connectivity index (χ4n) is 1.89. The van der Waals surface area contributed by atoms with E-state index in [-0.39, 0.29) is 29.6 Å². The summed E-state index contributed by atoms with van der Waals surface area (Å²) in [5.41, 5.74) is 5.42. The number of hydrogen-bond acceptors (Lipinski definition) is 4. The van der Waals surface area contributed by atoms with Crippen LogP contribution in [-0.4, -0.2) is 30.2 Å². The molecular formula is C15H20N2O4. The molecule has 1 aromatic rings. The van der Waals surface area contributed by atoms with Gasteiger partial charge in [-0.1, -0.05) is 26.0 Å². The van der Waals surface area contributed by atoms with Gasteiger partial charge in [0.15, 0.2) is 12.4 Å². The van der Waals surface area contributed by atoms with Crippen molar-refractivity contribution >= 4 is 17.6 Å². The fraction of sp³-hybridized carbons (Fsp3) is 0.400. The largest absolute Gasteiger partial charge is 0.483 e. The van der Waals surface area contributed by atoms with E-state index >= 15 is 0 Å². The molecule has 0 aromatic heterocycles. The van der Waals surface area contributed by atoms with Gasteiger partial charge in [-0.25, -0.2) is 0 Å². The van der Waals surface area contributed by atoms with Crippen molar-refractivity contribution in [1.29, 1.82) is 0 Å². The quantitative estimate of drug-likeness (QED) is 0.779. The number of amides is 2. The van der Waals surface area contributed by atoms with Gasteiger partial charge < -0.3 is 15.8 Å². The maximum Gasteiger partial charge on any atom is 0.258 e. The predicted molar refractivity (Wildman–Crippen MR) is 77.9 cm³/mol. The van der Waals surface area contributed by atoms with E-state index < -0.39 is 17.9 Å². The van der Waals surface area contributed by atoms with E-state index in [2.05, 4.69) is 5.32 Å². The van der Waals surface area contributed by atoms with Crippen molar-refractivity contribution in [2.24, 2.45) is 11.7 Å². The second kappa shape index (κ2) is 7.42. The highest BCUT2D eigenvalue weighted by molar-refractivity contribution is 5.95. The third-order valence-electron chi connectivity index (χ3n) is 2.93. The van der Waals surface area contributed by atoms with E-state index in [0.717, 1.165) is 0 Å². The van der Waals surface area contributed by atoms with Gasteiger partial charge >= 0.3 is 0 Å². The molecule has 0 bridgehead atoms. The average Bonchev–Trinajstić information content (AvgIpc) is 2.42. The molecular weight excluding hydrogens is 272 g/mol. The molecule has 1 atom stereocenters. The smallest absolute Gasteiger partial charge is 0.258 e. The van der Waals surface area contributed by atoms with E-state index in [0.29, 0.717) is 0 Å². The number of carbonyl (C=O) groups is 3. The molecule has 6 nitrogen and oxygen atoms in total. The van der Waals surface area contributed by atoms with Crippen molar-refractivity contribution in [3.63, 3.8) is 0 Å². The number of hydrogen-bond donors (Lipinski definition) is 2. The van der Waals surface area contributed by atoms with E-state index in [1.807, 2.05) is 13.8 Å². The maximum atomic E-state index is 11.8. The molecule has 0 spiro atoms. The van der Waals surface area contributed by atoms with E-state index in [1.54, 1.807) is 18.2 Å². The van der Waals surface area contributed by atoms with Crippen LogP contribution in [0.1, 0.15) is 31.1 Å². The lowest BCUT2D eigenvalue weighted by molar-refractivity contribution is -0.129. The fourth-order valence-corrected chi connectivity index (χ4v) is 1.89. The Hall–Kier alpha value is -2.37. The van der Waals surface area contributed by atoms with Crippen LogP contribution in [0, 0.1) is 5.92 Å². The normalized spacial score (nSPS) is 11.8. The average molecular weight is 292 g/mol. The molecule has 0 saturated carbocycles. The summed E-state index contributed by atoms with van der Waals surface area (Å²) in [6.07, 6.45) is 0. The number of nitrogens with two attached hydrogens (primary N) is 1. The first kappa shape index (κ1) is 16.7. The molecule has 0 radical (unpaired) electrons. The van der Waals surface area contributed by atoms with Gasteiger partial charge in [0.2, 0.25) is 0 Å². The number of benzene rings is 1. The Morgan fingerprint density at radius 2 is 1.86 bits per heavy atom. The van der Waals surface area contributed by atoms with Crippen LogP contribution in [-0.2, 0) is 9.59 Å². The molecule has 2 amide bonds. The summed E-state index contributed by atoms with van der Waals surface area (Å²) in [6, 6.07) is 5.84. The molecule has 1 unspecified atom stereocenters. The number of primary amides is 1. The minimum absolute atomic E-state index is 0.00986. The summed E-state index contributed by atoms with van der Waals surface area (Å²) in [7, 11) is 0. The van der Waals surface area contributed by atoms with Gasteiger partial charge in [-0.05, 0) is 25.0 Å². The minimum atomic E-state index is -0.630. The molecule has 114 valence electrons. The van der Waals surface area contributed by atoms with Crippen molar-refractivity contribution < 1.29 is 19.1 Å². The molecule has 1 rings (SSSR count). The standard InChI is InChI=1S/C15H20N2O4/c1-9(2)14(10(3)18)17-13(19)8-21-12-7-5-4-6-11(12)15(16)20/h4-7,9,14H,8H2,1-3H3,(H2,16,20)(H,17,19). The van der Waals surface area contributed by atoms with E-state index in [9.17, 15) is 14.4 Å². The second-order valence-corrected chi connectivity index (χ2v) is 5.05. The third-order valence-corrected chi connectivity index (χ3v) is 2.93. The summed E-state index contributed by atoms with van der Waals surface area (Å²) in [6.45, 7) is 4.82. The molecule has 0 heterocycles. The molecule has 0 saturated heterocycles.